The maximum Gasteiger partial charge on any atom is 0.187 e. The fourth-order valence-electron chi connectivity index (χ4n) is 1.75. The molecule has 20 heavy (non-hydrogen) atoms. The molecule has 1 aromatic carbocycles. The fraction of sp³-hybridized carbons (Fsp3) is 0. The van der Waals surface area contributed by atoms with Crippen molar-refractivity contribution in [3.8, 4) is 22.8 Å². The van der Waals surface area contributed by atoms with Crippen LogP contribution in [0.15, 0.2) is 48.1 Å². The Morgan fingerprint density at radius 1 is 1.15 bits per heavy atom. The monoisotopic (exact) mass is 285 g/mol. The predicted molar refractivity (Wildman–Crippen MR) is 78.4 cm³/mol. The summed E-state index contributed by atoms with van der Waals surface area (Å²) in [6, 6.07) is 8.17. The van der Waals surface area contributed by atoms with Crippen LogP contribution < -0.4 is 5.32 Å². The minimum Gasteiger partial charge on any atom is -0.508 e. The molecular formula is C14H11N3O2S. The Morgan fingerprint density at radius 2 is 2.05 bits per heavy atom. The summed E-state index contributed by atoms with van der Waals surface area (Å²) in [5.41, 5.74) is 2.08. The number of aromatic nitrogens is 2. The Hall–Kier alpha value is -2.60. The van der Waals surface area contributed by atoms with Gasteiger partial charge in [-0.25, -0.2) is 4.98 Å². The van der Waals surface area contributed by atoms with Gasteiger partial charge >= 0.3 is 0 Å². The number of thiazole rings is 1. The van der Waals surface area contributed by atoms with Crippen LogP contribution in [0.3, 0.4) is 0 Å². The van der Waals surface area contributed by atoms with Crippen LogP contribution in [-0.4, -0.2) is 20.2 Å². The summed E-state index contributed by atoms with van der Waals surface area (Å²) in [4.78, 5) is 8.42. The number of hydrogen-bond donors (Lipinski definition) is 3. The smallest absolute Gasteiger partial charge is 0.187 e. The van der Waals surface area contributed by atoms with Crippen LogP contribution in [-0.2, 0) is 0 Å². The summed E-state index contributed by atoms with van der Waals surface area (Å²) in [7, 11) is 0. The quantitative estimate of drug-likeness (QED) is 0.687. The number of benzene rings is 1. The molecule has 2 aromatic heterocycles. The van der Waals surface area contributed by atoms with E-state index in [2.05, 4.69) is 15.3 Å². The molecule has 0 aliphatic rings. The van der Waals surface area contributed by atoms with Gasteiger partial charge in [-0.1, -0.05) is 0 Å². The molecule has 100 valence electrons. The third-order valence-electron chi connectivity index (χ3n) is 2.67. The van der Waals surface area contributed by atoms with Crippen molar-refractivity contribution < 1.29 is 10.2 Å². The lowest BCUT2D eigenvalue weighted by atomic mass is 10.1. The number of pyridine rings is 1. The molecule has 0 unspecified atom stereocenters. The molecule has 0 saturated heterocycles. The number of hydrogen-bond acceptors (Lipinski definition) is 6. The van der Waals surface area contributed by atoms with Gasteiger partial charge in [-0.2, -0.15) is 0 Å². The van der Waals surface area contributed by atoms with E-state index in [1.807, 2.05) is 17.5 Å². The number of phenols is 2. The van der Waals surface area contributed by atoms with Crippen molar-refractivity contribution in [3.63, 3.8) is 0 Å². The van der Waals surface area contributed by atoms with E-state index in [1.54, 1.807) is 18.5 Å². The van der Waals surface area contributed by atoms with Crippen LogP contribution in [0.1, 0.15) is 0 Å². The second kappa shape index (κ2) is 5.18. The molecule has 0 bridgehead atoms. The summed E-state index contributed by atoms with van der Waals surface area (Å²) in [5.74, 6) is 0.0263. The summed E-state index contributed by atoms with van der Waals surface area (Å²) in [6.45, 7) is 0. The summed E-state index contributed by atoms with van der Waals surface area (Å²) >= 11 is 1.43. The van der Waals surface area contributed by atoms with Crippen LogP contribution >= 0.6 is 11.3 Å². The van der Waals surface area contributed by atoms with Crippen molar-refractivity contribution >= 4 is 22.2 Å². The highest BCUT2D eigenvalue weighted by atomic mass is 32.1. The first-order valence-corrected chi connectivity index (χ1v) is 6.75. The molecular weight excluding hydrogens is 274 g/mol. The lowest BCUT2D eigenvalue weighted by molar-refractivity contribution is 0.452. The molecule has 0 spiro atoms. The minimum absolute atomic E-state index is 0.00299. The van der Waals surface area contributed by atoms with Gasteiger partial charge in [0, 0.05) is 23.2 Å². The second-order valence-corrected chi connectivity index (χ2v) is 4.96. The van der Waals surface area contributed by atoms with E-state index in [4.69, 9.17) is 0 Å². The number of nitrogens with zero attached hydrogens (tertiary/aromatic N) is 2. The Kier molecular flexibility index (Phi) is 3.22. The third kappa shape index (κ3) is 2.55. The van der Waals surface area contributed by atoms with Crippen LogP contribution in [0.4, 0.5) is 10.8 Å². The van der Waals surface area contributed by atoms with Gasteiger partial charge in [-0.15, -0.1) is 11.3 Å². The summed E-state index contributed by atoms with van der Waals surface area (Å²) < 4.78 is 0. The van der Waals surface area contributed by atoms with Crippen molar-refractivity contribution in [1.29, 1.82) is 0 Å². The van der Waals surface area contributed by atoms with Gasteiger partial charge in [0.2, 0.25) is 0 Å². The molecule has 0 aliphatic heterocycles. The van der Waals surface area contributed by atoms with Gasteiger partial charge in [0.25, 0.3) is 0 Å². The highest BCUT2D eigenvalue weighted by molar-refractivity contribution is 7.14. The van der Waals surface area contributed by atoms with Crippen LogP contribution in [0.5, 0.6) is 11.5 Å². The topological polar surface area (TPSA) is 78.3 Å². The lowest BCUT2D eigenvalue weighted by Crippen LogP contribution is -1.89. The normalized spacial score (nSPS) is 10.4. The van der Waals surface area contributed by atoms with E-state index in [0.29, 0.717) is 16.4 Å². The maximum absolute atomic E-state index is 9.82. The van der Waals surface area contributed by atoms with Crippen molar-refractivity contribution in [2.75, 3.05) is 5.32 Å². The van der Waals surface area contributed by atoms with Crippen molar-refractivity contribution in [2.45, 2.75) is 0 Å². The number of phenolic OH excluding ortho intramolecular Hbond substituents is 2. The van der Waals surface area contributed by atoms with Gasteiger partial charge < -0.3 is 15.5 Å². The molecule has 3 rings (SSSR count). The zero-order valence-electron chi connectivity index (χ0n) is 10.3. The summed E-state index contributed by atoms with van der Waals surface area (Å²) in [5, 5.41) is 24.8. The van der Waals surface area contributed by atoms with Crippen molar-refractivity contribution in [2.24, 2.45) is 0 Å². The molecule has 6 heteroatoms. The highest BCUT2D eigenvalue weighted by Gasteiger charge is 2.09. The number of anilines is 2. The van der Waals surface area contributed by atoms with E-state index >= 15 is 0 Å². The molecule has 3 aromatic rings. The van der Waals surface area contributed by atoms with E-state index in [9.17, 15) is 10.2 Å². The number of nitrogens with one attached hydrogen (secondary N) is 1. The minimum atomic E-state index is 0.00299. The molecule has 0 radical (unpaired) electrons. The van der Waals surface area contributed by atoms with E-state index in [0.717, 1.165) is 5.69 Å². The molecule has 2 heterocycles. The van der Waals surface area contributed by atoms with Crippen molar-refractivity contribution in [1.82, 2.24) is 9.97 Å². The molecule has 0 amide bonds. The summed E-state index contributed by atoms with van der Waals surface area (Å²) in [6.07, 6.45) is 3.41. The largest absolute Gasteiger partial charge is 0.508 e. The lowest BCUT2D eigenvalue weighted by Gasteiger charge is -2.02. The molecule has 0 aliphatic carbocycles. The molecule has 5 nitrogen and oxygen atoms in total. The maximum atomic E-state index is 9.82. The SMILES string of the molecule is Oc1ccc(-c2csc(Nc3cccnc3)n2)c(O)c1. The number of aromatic hydroxyl groups is 2. The van der Waals surface area contributed by atoms with Gasteiger partial charge in [0.1, 0.15) is 11.5 Å². The van der Waals surface area contributed by atoms with Crippen LogP contribution in [0, 0.1) is 0 Å². The van der Waals surface area contributed by atoms with E-state index in [-0.39, 0.29) is 11.5 Å². The Balaban J connectivity index is 1.87. The molecule has 3 N–H and O–H groups in total. The average Bonchev–Trinajstić information content (AvgIpc) is 2.88. The first-order chi connectivity index (χ1) is 9.72. The molecule has 0 saturated carbocycles. The average molecular weight is 285 g/mol. The fourth-order valence-corrected chi connectivity index (χ4v) is 2.48. The standard InChI is InChI=1S/C14H11N3O2S/c18-10-3-4-11(13(19)6-10)12-8-20-14(17-12)16-9-2-1-5-15-7-9/h1-8,18-19H,(H,16,17). The van der Waals surface area contributed by atoms with Gasteiger partial charge in [-0.3, -0.25) is 4.98 Å². The van der Waals surface area contributed by atoms with Crippen LogP contribution in [0.25, 0.3) is 11.3 Å². The predicted octanol–water partition coefficient (Wildman–Crippen LogP) is 3.36. The third-order valence-corrected chi connectivity index (χ3v) is 3.43. The first kappa shape index (κ1) is 12.4. The highest BCUT2D eigenvalue weighted by Crippen LogP contribution is 2.34. The molecule has 0 fully saturated rings. The van der Waals surface area contributed by atoms with Gasteiger partial charge in [0.15, 0.2) is 5.13 Å². The zero-order chi connectivity index (χ0) is 13.9. The van der Waals surface area contributed by atoms with Crippen LogP contribution in [0.2, 0.25) is 0 Å². The Bertz CT molecular complexity index is 728. The van der Waals surface area contributed by atoms with E-state index < -0.39 is 0 Å². The zero-order valence-corrected chi connectivity index (χ0v) is 11.1. The molecule has 0 atom stereocenters. The van der Waals surface area contributed by atoms with Gasteiger partial charge in [0.05, 0.1) is 17.6 Å². The second-order valence-electron chi connectivity index (χ2n) is 4.11. The Labute approximate surface area is 119 Å². The van der Waals surface area contributed by atoms with Gasteiger partial charge in [-0.05, 0) is 24.3 Å². The van der Waals surface area contributed by atoms with E-state index in [1.165, 1.54) is 23.5 Å². The first-order valence-electron chi connectivity index (χ1n) is 5.87. The Morgan fingerprint density at radius 3 is 2.80 bits per heavy atom. The number of rotatable bonds is 3. The van der Waals surface area contributed by atoms with Crippen molar-refractivity contribution in [3.05, 3.63) is 48.1 Å².